The zero-order valence-corrected chi connectivity index (χ0v) is 19.5. The highest BCUT2D eigenvalue weighted by Crippen LogP contribution is 2.32. The first kappa shape index (κ1) is 23.3. The number of benzene rings is 1. The molecule has 1 aliphatic rings. The van der Waals surface area contributed by atoms with Gasteiger partial charge in [0.2, 0.25) is 0 Å². The predicted molar refractivity (Wildman–Crippen MR) is 127 cm³/mol. The van der Waals surface area contributed by atoms with E-state index < -0.39 is 0 Å². The van der Waals surface area contributed by atoms with Crippen molar-refractivity contribution < 1.29 is 9.47 Å². The molecule has 2 aromatic rings. The summed E-state index contributed by atoms with van der Waals surface area (Å²) in [6, 6.07) is 11.9. The van der Waals surface area contributed by atoms with Crippen LogP contribution in [0.1, 0.15) is 43.9 Å². The van der Waals surface area contributed by atoms with E-state index in [1.165, 1.54) is 12.8 Å². The minimum atomic E-state index is 0. The zero-order chi connectivity index (χ0) is 19.6. The Balaban J connectivity index is 0.00000300. The number of nitrogens with zero attached hydrogens (tertiary/aromatic N) is 2. The molecule has 0 aliphatic heterocycles. The molecule has 29 heavy (non-hydrogen) atoms. The highest BCUT2D eigenvalue weighted by Gasteiger charge is 2.18. The first-order valence-electron chi connectivity index (χ1n) is 10.0. The molecule has 7 heteroatoms. The van der Waals surface area contributed by atoms with Crippen LogP contribution in [0, 0.1) is 0 Å². The summed E-state index contributed by atoms with van der Waals surface area (Å²) in [6.07, 6.45) is 6.86. The van der Waals surface area contributed by atoms with E-state index in [1.54, 1.807) is 13.3 Å². The third kappa shape index (κ3) is 7.38. The van der Waals surface area contributed by atoms with Crippen LogP contribution in [-0.4, -0.2) is 30.7 Å². The van der Waals surface area contributed by atoms with Crippen LogP contribution in [0.15, 0.2) is 47.6 Å². The maximum absolute atomic E-state index is 6.11. The first-order chi connectivity index (χ1) is 13.8. The van der Waals surface area contributed by atoms with Gasteiger partial charge in [-0.15, -0.1) is 24.0 Å². The molecule has 0 spiro atoms. The number of guanidine groups is 1. The molecule has 158 valence electrons. The summed E-state index contributed by atoms with van der Waals surface area (Å²) in [6.45, 7) is 4.03. The molecule has 2 N–H and O–H groups in total. The number of ether oxygens (including phenoxy) is 2. The summed E-state index contributed by atoms with van der Waals surface area (Å²) < 4.78 is 11.7. The lowest BCUT2D eigenvalue weighted by Gasteiger charge is -2.16. The second kappa shape index (κ2) is 12.5. The maximum Gasteiger partial charge on any atom is 0.191 e. The van der Waals surface area contributed by atoms with Crippen LogP contribution in [0.5, 0.6) is 11.5 Å². The molecule has 1 aromatic carbocycles. The lowest BCUT2D eigenvalue weighted by molar-refractivity contribution is 0.200. The molecule has 1 saturated carbocycles. The van der Waals surface area contributed by atoms with Gasteiger partial charge in [-0.3, -0.25) is 4.98 Å². The Hall–Kier alpha value is -2.03. The van der Waals surface area contributed by atoms with Gasteiger partial charge in [0.1, 0.15) is 0 Å². The Labute approximate surface area is 190 Å². The summed E-state index contributed by atoms with van der Waals surface area (Å²) in [4.78, 5) is 9.01. The lowest BCUT2D eigenvalue weighted by atomic mass is 10.2. The Kier molecular flexibility index (Phi) is 10.0. The van der Waals surface area contributed by atoms with E-state index in [-0.39, 0.29) is 24.0 Å². The monoisotopic (exact) mass is 510 g/mol. The van der Waals surface area contributed by atoms with E-state index in [0.717, 1.165) is 48.1 Å². The molecular formula is C22H31IN4O2. The number of aliphatic imine (C=N–C) groups is 1. The van der Waals surface area contributed by atoms with E-state index in [1.807, 2.05) is 30.3 Å². The number of halogens is 1. The van der Waals surface area contributed by atoms with Gasteiger partial charge in [-0.2, -0.15) is 0 Å². The van der Waals surface area contributed by atoms with E-state index in [4.69, 9.17) is 9.47 Å². The summed E-state index contributed by atoms with van der Waals surface area (Å²) in [5.41, 5.74) is 2.05. The van der Waals surface area contributed by atoms with Crippen molar-refractivity contribution in [2.24, 2.45) is 4.99 Å². The van der Waals surface area contributed by atoms with Crippen LogP contribution < -0.4 is 20.1 Å². The minimum Gasteiger partial charge on any atom is -0.493 e. The molecule has 3 rings (SSSR count). The van der Waals surface area contributed by atoms with Gasteiger partial charge < -0.3 is 20.1 Å². The van der Waals surface area contributed by atoms with Crippen molar-refractivity contribution in [1.29, 1.82) is 0 Å². The van der Waals surface area contributed by atoms with E-state index in [2.05, 4.69) is 33.6 Å². The predicted octanol–water partition coefficient (Wildman–Crippen LogP) is 4.28. The molecule has 1 aliphatic carbocycles. The average molecular weight is 510 g/mol. The Bertz CT molecular complexity index is 765. The molecule has 0 saturated heterocycles. The Morgan fingerprint density at radius 2 is 1.97 bits per heavy atom. The highest BCUT2D eigenvalue weighted by molar-refractivity contribution is 14.0. The average Bonchev–Trinajstić information content (AvgIpc) is 3.25. The number of methoxy groups -OCH3 is 1. The first-order valence-corrected chi connectivity index (χ1v) is 10.0. The van der Waals surface area contributed by atoms with Crippen molar-refractivity contribution in [3.63, 3.8) is 0 Å². The van der Waals surface area contributed by atoms with Gasteiger partial charge in [-0.05, 0) is 62.4 Å². The van der Waals surface area contributed by atoms with Crippen molar-refractivity contribution in [2.75, 3.05) is 13.7 Å². The Morgan fingerprint density at radius 3 is 2.66 bits per heavy atom. The molecule has 0 unspecified atom stereocenters. The van der Waals surface area contributed by atoms with Gasteiger partial charge in [-0.25, -0.2) is 4.99 Å². The van der Waals surface area contributed by atoms with Gasteiger partial charge in [0.25, 0.3) is 0 Å². The fraction of sp³-hybridized carbons (Fsp3) is 0.455. The van der Waals surface area contributed by atoms with E-state index >= 15 is 0 Å². The maximum atomic E-state index is 6.11. The van der Waals surface area contributed by atoms with Crippen molar-refractivity contribution in [3.05, 3.63) is 53.9 Å². The second-order valence-electron chi connectivity index (χ2n) is 6.88. The van der Waals surface area contributed by atoms with Gasteiger partial charge in [-0.1, -0.05) is 12.1 Å². The number of hydrogen-bond acceptors (Lipinski definition) is 4. The number of hydrogen-bond donors (Lipinski definition) is 2. The Morgan fingerprint density at radius 1 is 1.14 bits per heavy atom. The van der Waals surface area contributed by atoms with Crippen molar-refractivity contribution >= 4 is 29.9 Å². The molecule has 1 aromatic heterocycles. The summed E-state index contributed by atoms with van der Waals surface area (Å²) >= 11 is 0. The van der Waals surface area contributed by atoms with Gasteiger partial charge in [0, 0.05) is 12.7 Å². The second-order valence-corrected chi connectivity index (χ2v) is 6.88. The summed E-state index contributed by atoms with van der Waals surface area (Å²) in [5.74, 6) is 2.35. The van der Waals surface area contributed by atoms with E-state index in [9.17, 15) is 0 Å². The molecular weight excluding hydrogens is 479 g/mol. The van der Waals surface area contributed by atoms with Crippen LogP contribution in [-0.2, 0) is 13.1 Å². The third-order valence-corrected chi connectivity index (χ3v) is 4.75. The quantitative estimate of drug-likeness (QED) is 0.315. The fourth-order valence-electron chi connectivity index (χ4n) is 3.28. The molecule has 0 radical (unpaired) electrons. The van der Waals surface area contributed by atoms with Crippen LogP contribution in [0.25, 0.3) is 0 Å². The van der Waals surface area contributed by atoms with Crippen molar-refractivity contribution in [2.45, 2.75) is 51.8 Å². The van der Waals surface area contributed by atoms with Crippen LogP contribution >= 0.6 is 24.0 Å². The summed E-state index contributed by atoms with van der Waals surface area (Å²) in [7, 11) is 1.68. The molecule has 6 nitrogen and oxygen atoms in total. The minimum absolute atomic E-state index is 0. The smallest absolute Gasteiger partial charge is 0.191 e. The van der Waals surface area contributed by atoms with Gasteiger partial charge in [0.15, 0.2) is 17.5 Å². The van der Waals surface area contributed by atoms with E-state index in [0.29, 0.717) is 19.2 Å². The number of pyridine rings is 1. The fourth-order valence-corrected chi connectivity index (χ4v) is 3.28. The largest absolute Gasteiger partial charge is 0.493 e. The lowest BCUT2D eigenvalue weighted by Crippen LogP contribution is -2.37. The topological polar surface area (TPSA) is 67.8 Å². The highest BCUT2D eigenvalue weighted by atomic mass is 127. The molecule has 0 bridgehead atoms. The SMILES string of the molecule is CCNC(=NCc1ccc(OC2CCCC2)c(OC)c1)NCc1ccccn1.I. The standard InChI is InChI=1S/C22H30N4O2.HI/c1-3-23-22(26-16-18-8-6-7-13-24-18)25-15-17-11-12-20(21(14-17)27-2)28-19-9-4-5-10-19;/h6-8,11-14,19H,3-5,9-10,15-16H2,1-2H3,(H2,23,25,26);1H. The molecule has 0 amide bonds. The van der Waals surface area contributed by atoms with Crippen molar-refractivity contribution in [1.82, 2.24) is 15.6 Å². The summed E-state index contributed by atoms with van der Waals surface area (Å²) in [5, 5.41) is 6.58. The molecule has 1 fully saturated rings. The van der Waals surface area contributed by atoms with Crippen LogP contribution in [0.2, 0.25) is 0 Å². The van der Waals surface area contributed by atoms with Crippen LogP contribution in [0.4, 0.5) is 0 Å². The van der Waals surface area contributed by atoms with Crippen molar-refractivity contribution in [3.8, 4) is 11.5 Å². The van der Waals surface area contributed by atoms with Crippen LogP contribution in [0.3, 0.4) is 0 Å². The van der Waals surface area contributed by atoms with Gasteiger partial charge in [0.05, 0.1) is 32.0 Å². The van der Waals surface area contributed by atoms with Gasteiger partial charge >= 0.3 is 0 Å². The third-order valence-electron chi connectivity index (χ3n) is 4.75. The molecule has 0 atom stereocenters. The number of rotatable bonds is 8. The molecule has 1 heterocycles. The number of nitrogens with one attached hydrogen (secondary N) is 2. The normalized spacial score (nSPS) is 14.2. The number of aromatic nitrogens is 1. The zero-order valence-electron chi connectivity index (χ0n) is 17.2.